The van der Waals surface area contributed by atoms with Gasteiger partial charge in [0.1, 0.15) is 5.76 Å². The van der Waals surface area contributed by atoms with Crippen LogP contribution in [0.5, 0.6) is 0 Å². The molecule has 0 saturated heterocycles. The number of hydrogen-bond acceptors (Lipinski definition) is 3. The molecule has 0 bridgehead atoms. The highest BCUT2D eigenvalue weighted by atomic mass is 16.5. The molecule has 3 N–H and O–H groups in total. The zero-order chi connectivity index (χ0) is 12.0. The van der Waals surface area contributed by atoms with Gasteiger partial charge in [0.15, 0.2) is 5.96 Å². The lowest BCUT2D eigenvalue weighted by Gasteiger charge is -2.01. The first-order valence-corrected chi connectivity index (χ1v) is 5.21. The largest absolute Gasteiger partial charge is 0.370 e. The van der Waals surface area contributed by atoms with E-state index in [0.717, 1.165) is 23.4 Å². The molecule has 0 radical (unpaired) electrons. The van der Waals surface area contributed by atoms with Crippen LogP contribution in [0.3, 0.4) is 0 Å². The molecule has 0 aliphatic heterocycles. The van der Waals surface area contributed by atoms with Gasteiger partial charge in [-0.25, -0.2) is 0 Å². The number of nitrogens with zero attached hydrogens (tertiary/aromatic N) is 2. The first-order chi connectivity index (χ1) is 7.65. The zero-order valence-electron chi connectivity index (χ0n) is 9.79. The van der Waals surface area contributed by atoms with Gasteiger partial charge in [-0.1, -0.05) is 11.2 Å². The molecule has 0 atom stereocenters. The predicted octanol–water partition coefficient (Wildman–Crippen LogP) is 0.924. The predicted molar refractivity (Wildman–Crippen MR) is 64.4 cm³/mol. The Morgan fingerprint density at radius 3 is 2.94 bits per heavy atom. The van der Waals surface area contributed by atoms with Gasteiger partial charge in [0.25, 0.3) is 0 Å². The lowest BCUT2D eigenvalue weighted by atomic mass is 10.1. The first kappa shape index (κ1) is 12.3. The minimum Gasteiger partial charge on any atom is -0.370 e. The van der Waals surface area contributed by atoms with Crippen LogP contribution in [0.15, 0.2) is 22.2 Å². The highest BCUT2D eigenvalue weighted by Crippen LogP contribution is 2.12. The number of guanidine groups is 1. The summed E-state index contributed by atoms with van der Waals surface area (Å²) in [6.07, 6.45) is 2.52. The average molecular weight is 222 g/mol. The maximum Gasteiger partial charge on any atom is 0.188 e. The van der Waals surface area contributed by atoms with Gasteiger partial charge < -0.3 is 15.6 Å². The Morgan fingerprint density at radius 1 is 1.62 bits per heavy atom. The van der Waals surface area contributed by atoms with E-state index in [-0.39, 0.29) is 0 Å². The summed E-state index contributed by atoms with van der Waals surface area (Å²) in [5.74, 6) is 1.29. The Kier molecular flexibility index (Phi) is 4.57. The van der Waals surface area contributed by atoms with Crippen LogP contribution in [-0.2, 0) is 6.42 Å². The van der Waals surface area contributed by atoms with Crippen molar-refractivity contribution in [2.45, 2.75) is 20.3 Å². The number of nitrogens with one attached hydrogen (secondary N) is 1. The average Bonchev–Trinajstić information content (AvgIpc) is 2.57. The molecule has 5 nitrogen and oxygen atoms in total. The molecule has 0 aliphatic rings. The molecule has 1 heterocycles. The Hall–Kier alpha value is -1.78. The summed E-state index contributed by atoms with van der Waals surface area (Å²) in [6, 6.07) is 0. The molecule has 0 saturated carbocycles. The van der Waals surface area contributed by atoms with E-state index in [4.69, 9.17) is 10.3 Å². The number of nitrogens with two attached hydrogens (primary N) is 1. The van der Waals surface area contributed by atoms with Crippen LogP contribution in [0.25, 0.3) is 0 Å². The summed E-state index contributed by atoms with van der Waals surface area (Å²) >= 11 is 0. The zero-order valence-corrected chi connectivity index (χ0v) is 9.79. The molecular formula is C11H18N4O. The molecule has 0 unspecified atom stereocenters. The fraction of sp³-hybridized carbons (Fsp3) is 0.455. The second kappa shape index (κ2) is 5.95. The van der Waals surface area contributed by atoms with Crippen LogP contribution in [0.4, 0.5) is 0 Å². The minimum atomic E-state index is 0.437. The van der Waals surface area contributed by atoms with Crippen molar-refractivity contribution < 1.29 is 4.52 Å². The molecule has 0 aliphatic carbocycles. The quantitative estimate of drug-likeness (QED) is 0.441. The summed E-state index contributed by atoms with van der Waals surface area (Å²) in [7, 11) is 0. The van der Waals surface area contributed by atoms with Crippen molar-refractivity contribution in [2.24, 2.45) is 10.7 Å². The molecule has 1 rings (SSSR count). The van der Waals surface area contributed by atoms with Crippen molar-refractivity contribution in [1.29, 1.82) is 0 Å². The smallest absolute Gasteiger partial charge is 0.188 e. The summed E-state index contributed by atoms with van der Waals surface area (Å²) in [5, 5.41) is 6.79. The molecule has 0 amide bonds. The lowest BCUT2D eigenvalue weighted by Crippen LogP contribution is -2.31. The maximum atomic E-state index is 5.63. The summed E-state index contributed by atoms with van der Waals surface area (Å²) in [4.78, 5) is 4.18. The van der Waals surface area contributed by atoms with Gasteiger partial charge in [0.2, 0.25) is 0 Å². The molecular weight excluding hydrogens is 204 g/mol. The Morgan fingerprint density at radius 2 is 2.38 bits per heavy atom. The summed E-state index contributed by atoms with van der Waals surface area (Å²) in [5.41, 5.74) is 7.66. The van der Waals surface area contributed by atoms with E-state index in [1.165, 1.54) is 0 Å². The van der Waals surface area contributed by atoms with Crippen LogP contribution in [0, 0.1) is 13.8 Å². The highest BCUT2D eigenvalue weighted by Gasteiger charge is 2.07. The molecule has 1 aromatic rings. The van der Waals surface area contributed by atoms with Crippen molar-refractivity contribution >= 4 is 5.96 Å². The van der Waals surface area contributed by atoms with Gasteiger partial charge in [-0.05, 0) is 20.3 Å². The number of hydrogen-bond donors (Lipinski definition) is 2. The number of rotatable bonds is 5. The van der Waals surface area contributed by atoms with Crippen LogP contribution >= 0.6 is 0 Å². The van der Waals surface area contributed by atoms with E-state index < -0.39 is 0 Å². The van der Waals surface area contributed by atoms with Gasteiger partial charge in [-0.15, -0.1) is 6.58 Å². The SMILES string of the molecule is C=CCNC(N)=NCCc1c(C)noc1C. The van der Waals surface area contributed by atoms with Crippen LogP contribution < -0.4 is 11.1 Å². The normalized spacial score (nSPS) is 11.5. The van der Waals surface area contributed by atoms with Crippen LogP contribution in [0.1, 0.15) is 17.0 Å². The maximum absolute atomic E-state index is 5.63. The van der Waals surface area contributed by atoms with E-state index in [1.807, 2.05) is 13.8 Å². The highest BCUT2D eigenvalue weighted by molar-refractivity contribution is 5.77. The Labute approximate surface area is 95.4 Å². The van der Waals surface area contributed by atoms with Crippen LogP contribution in [-0.4, -0.2) is 24.2 Å². The van der Waals surface area contributed by atoms with Crippen molar-refractivity contribution in [3.8, 4) is 0 Å². The van der Waals surface area contributed by atoms with Crippen molar-refractivity contribution in [2.75, 3.05) is 13.1 Å². The number of aryl methyl sites for hydroxylation is 2. The minimum absolute atomic E-state index is 0.437. The van der Waals surface area contributed by atoms with Gasteiger partial charge in [0.05, 0.1) is 5.69 Å². The third-order valence-electron chi connectivity index (χ3n) is 2.25. The monoisotopic (exact) mass is 222 g/mol. The molecule has 0 fully saturated rings. The molecule has 0 aromatic carbocycles. The van der Waals surface area contributed by atoms with Crippen LogP contribution in [0.2, 0.25) is 0 Å². The van der Waals surface area contributed by atoms with E-state index in [1.54, 1.807) is 6.08 Å². The van der Waals surface area contributed by atoms with E-state index in [2.05, 4.69) is 22.0 Å². The van der Waals surface area contributed by atoms with E-state index in [9.17, 15) is 0 Å². The fourth-order valence-electron chi connectivity index (χ4n) is 1.38. The first-order valence-electron chi connectivity index (χ1n) is 5.21. The third-order valence-corrected chi connectivity index (χ3v) is 2.25. The summed E-state index contributed by atoms with van der Waals surface area (Å²) in [6.45, 7) is 8.66. The second-order valence-corrected chi connectivity index (χ2v) is 3.49. The standard InChI is InChI=1S/C11H18N4O/c1-4-6-13-11(12)14-7-5-10-8(2)15-16-9(10)3/h4H,1,5-7H2,2-3H3,(H3,12,13,14). The Bertz CT molecular complexity index is 362. The van der Waals surface area contributed by atoms with E-state index >= 15 is 0 Å². The molecule has 16 heavy (non-hydrogen) atoms. The van der Waals surface area contributed by atoms with Crippen molar-refractivity contribution in [3.05, 3.63) is 29.7 Å². The number of aliphatic imine (C=N–C) groups is 1. The van der Waals surface area contributed by atoms with Crippen molar-refractivity contribution in [3.63, 3.8) is 0 Å². The van der Waals surface area contributed by atoms with Crippen molar-refractivity contribution in [1.82, 2.24) is 10.5 Å². The van der Waals surface area contributed by atoms with Gasteiger partial charge in [0, 0.05) is 18.7 Å². The topological polar surface area (TPSA) is 76.4 Å². The molecule has 0 spiro atoms. The van der Waals surface area contributed by atoms with E-state index in [0.29, 0.717) is 19.0 Å². The van der Waals surface area contributed by atoms with Gasteiger partial charge in [-0.2, -0.15) is 0 Å². The molecule has 88 valence electrons. The fourth-order valence-corrected chi connectivity index (χ4v) is 1.38. The third kappa shape index (κ3) is 3.42. The Balaban J connectivity index is 2.43. The lowest BCUT2D eigenvalue weighted by molar-refractivity contribution is 0.392. The summed E-state index contributed by atoms with van der Waals surface area (Å²) < 4.78 is 5.06. The molecule has 1 aromatic heterocycles. The van der Waals surface area contributed by atoms with Gasteiger partial charge >= 0.3 is 0 Å². The van der Waals surface area contributed by atoms with Gasteiger partial charge in [-0.3, -0.25) is 4.99 Å². The number of aromatic nitrogens is 1. The second-order valence-electron chi connectivity index (χ2n) is 3.49. The molecule has 5 heteroatoms.